The van der Waals surface area contributed by atoms with Crippen LogP contribution in [0.2, 0.25) is 0 Å². The van der Waals surface area contributed by atoms with Crippen molar-refractivity contribution in [1.82, 2.24) is 9.67 Å². The van der Waals surface area contributed by atoms with Gasteiger partial charge in [0.15, 0.2) is 0 Å². The summed E-state index contributed by atoms with van der Waals surface area (Å²) in [6.45, 7) is 6.83. The van der Waals surface area contributed by atoms with Crippen LogP contribution in [0.3, 0.4) is 0 Å². The Hall–Kier alpha value is -2.89. The van der Waals surface area contributed by atoms with E-state index in [0.717, 1.165) is 27.7 Å². The van der Waals surface area contributed by atoms with Gasteiger partial charge in [0, 0.05) is 12.2 Å². The smallest absolute Gasteiger partial charge is 0.305 e. The molecule has 0 bridgehead atoms. The molecule has 0 aliphatic rings. The number of hydrogen-bond donors (Lipinski definition) is 0. The minimum absolute atomic E-state index is 0.208. The first-order valence-electron chi connectivity index (χ1n) is 8.09. The van der Waals surface area contributed by atoms with Gasteiger partial charge in [-0.05, 0) is 44.0 Å². The molecule has 3 aromatic rings. The first-order chi connectivity index (χ1) is 12.0. The first-order valence-corrected chi connectivity index (χ1v) is 8.09. The fourth-order valence-corrected chi connectivity index (χ4v) is 2.82. The lowest BCUT2D eigenvalue weighted by atomic mass is 10.2. The maximum absolute atomic E-state index is 13.0. The molecule has 0 amide bonds. The van der Waals surface area contributed by atoms with Crippen molar-refractivity contribution in [2.45, 2.75) is 33.9 Å². The molecule has 130 valence electrons. The van der Waals surface area contributed by atoms with E-state index in [1.807, 2.05) is 32.9 Å². The average molecular weight is 341 g/mol. The second-order valence-corrected chi connectivity index (χ2v) is 5.90. The van der Waals surface area contributed by atoms with Gasteiger partial charge in [-0.25, -0.2) is 4.39 Å². The maximum Gasteiger partial charge on any atom is 0.305 e. The average Bonchev–Trinajstić information content (AvgIpc) is 2.84. The van der Waals surface area contributed by atoms with E-state index in [9.17, 15) is 9.60 Å². The van der Waals surface area contributed by atoms with E-state index in [0.29, 0.717) is 11.4 Å². The minimum atomic E-state index is -0.298. The molecule has 25 heavy (non-hydrogen) atoms. The molecule has 0 atom stereocenters. The van der Waals surface area contributed by atoms with Gasteiger partial charge in [-0.1, -0.05) is 29.1 Å². The van der Waals surface area contributed by atoms with Crippen LogP contribution in [-0.2, 0) is 13.2 Å². The Kier molecular flexibility index (Phi) is 4.70. The lowest BCUT2D eigenvalue weighted by molar-refractivity contribution is -0.668. The second kappa shape index (κ2) is 6.93. The summed E-state index contributed by atoms with van der Waals surface area (Å²) in [5, 5.41) is 16.7. The topological polar surface area (TPSA) is 54.0 Å². The molecule has 2 heterocycles. The first kappa shape index (κ1) is 17.0. The zero-order valence-electron chi connectivity index (χ0n) is 14.5. The molecule has 0 fully saturated rings. The molecule has 2 aromatic heterocycles. The van der Waals surface area contributed by atoms with Crippen molar-refractivity contribution >= 4 is 10.9 Å². The third-order valence-corrected chi connectivity index (χ3v) is 4.32. The molecule has 0 saturated heterocycles. The normalized spacial score (nSPS) is 11.5. The van der Waals surface area contributed by atoms with E-state index in [2.05, 4.69) is 9.67 Å². The number of fused-ring (bicyclic) bond motifs is 1. The van der Waals surface area contributed by atoms with Gasteiger partial charge in [0.25, 0.3) is 0 Å². The van der Waals surface area contributed by atoms with Crippen molar-refractivity contribution in [2.75, 3.05) is 0 Å². The number of allylic oxidation sites excluding steroid dienone is 2. The standard InChI is InChI=1S/C19H20FN3O2/c1-4-5-10-22-14(3)13(2)17-11-23(24)21-19(18(17)22)25-12-15-6-8-16(20)9-7-15/h4-9,11H,10,12H2,1-3H3. The number of halogens is 1. The van der Waals surface area contributed by atoms with E-state index in [1.165, 1.54) is 18.3 Å². The molecular weight excluding hydrogens is 321 g/mol. The molecule has 5 nitrogen and oxygen atoms in total. The molecule has 1 aromatic carbocycles. The summed E-state index contributed by atoms with van der Waals surface area (Å²) in [5.74, 6) is -0.0228. The quantitative estimate of drug-likeness (QED) is 0.405. The molecule has 0 radical (unpaired) electrons. The molecule has 0 saturated carbocycles. The van der Waals surface area contributed by atoms with Crippen molar-refractivity contribution in [3.63, 3.8) is 0 Å². The fraction of sp³-hybridized carbons (Fsp3) is 0.263. The van der Waals surface area contributed by atoms with Gasteiger partial charge in [0.2, 0.25) is 6.20 Å². The van der Waals surface area contributed by atoms with Crippen molar-refractivity contribution in [2.24, 2.45) is 0 Å². The van der Waals surface area contributed by atoms with Crippen molar-refractivity contribution in [1.29, 1.82) is 0 Å². The van der Waals surface area contributed by atoms with Crippen LogP contribution in [0.5, 0.6) is 5.88 Å². The summed E-state index contributed by atoms with van der Waals surface area (Å²) >= 11 is 0. The predicted octanol–water partition coefficient (Wildman–Crippen LogP) is 3.58. The summed E-state index contributed by atoms with van der Waals surface area (Å²) < 4.78 is 20.9. The Bertz CT molecular complexity index is 930. The highest BCUT2D eigenvalue weighted by molar-refractivity contribution is 5.87. The number of rotatable bonds is 5. The maximum atomic E-state index is 13.0. The number of benzene rings is 1. The van der Waals surface area contributed by atoms with Gasteiger partial charge in [0.05, 0.1) is 10.5 Å². The number of aromatic nitrogens is 3. The largest absolute Gasteiger partial charge is 0.594 e. The van der Waals surface area contributed by atoms with Gasteiger partial charge < -0.3 is 14.5 Å². The van der Waals surface area contributed by atoms with E-state index < -0.39 is 0 Å². The Morgan fingerprint density at radius 1 is 1.28 bits per heavy atom. The Balaban J connectivity index is 2.03. The van der Waals surface area contributed by atoms with Crippen LogP contribution < -0.4 is 9.58 Å². The SMILES string of the molecule is CC=CCn1c(C)c(C)c2c[n+]([O-])nc(OCc3ccc(F)cc3)c21. The zero-order valence-corrected chi connectivity index (χ0v) is 14.5. The van der Waals surface area contributed by atoms with Gasteiger partial charge >= 0.3 is 5.88 Å². The van der Waals surface area contributed by atoms with Gasteiger partial charge in [-0.15, -0.1) is 0 Å². The highest BCUT2D eigenvalue weighted by Crippen LogP contribution is 2.30. The molecule has 0 aliphatic carbocycles. The van der Waals surface area contributed by atoms with Crippen molar-refractivity contribution in [3.8, 4) is 5.88 Å². The molecular formula is C19H20FN3O2. The second-order valence-electron chi connectivity index (χ2n) is 5.90. The van der Waals surface area contributed by atoms with Crippen LogP contribution in [0.25, 0.3) is 10.9 Å². The van der Waals surface area contributed by atoms with Crippen LogP contribution in [0.4, 0.5) is 4.39 Å². The summed E-state index contributed by atoms with van der Waals surface area (Å²) in [4.78, 5) is 0.523. The highest BCUT2D eigenvalue weighted by atomic mass is 19.1. The third-order valence-electron chi connectivity index (χ3n) is 4.32. The van der Waals surface area contributed by atoms with Crippen molar-refractivity contribution < 1.29 is 14.0 Å². The summed E-state index contributed by atoms with van der Waals surface area (Å²) in [6, 6.07) is 6.05. The third kappa shape index (κ3) is 3.33. The fourth-order valence-electron chi connectivity index (χ4n) is 2.82. The number of ether oxygens (including phenoxy) is 1. The van der Waals surface area contributed by atoms with E-state index in [1.54, 1.807) is 12.1 Å². The minimum Gasteiger partial charge on any atom is -0.594 e. The summed E-state index contributed by atoms with van der Waals surface area (Å²) in [7, 11) is 0. The lowest BCUT2D eigenvalue weighted by Crippen LogP contribution is -2.30. The molecule has 0 N–H and O–H groups in total. The number of hydrogen-bond acceptors (Lipinski definition) is 3. The van der Waals surface area contributed by atoms with Crippen molar-refractivity contribution in [3.05, 3.63) is 70.5 Å². The summed E-state index contributed by atoms with van der Waals surface area (Å²) in [6.07, 6.45) is 5.48. The Morgan fingerprint density at radius 3 is 2.68 bits per heavy atom. The molecule has 3 rings (SSSR count). The van der Waals surface area contributed by atoms with Crippen LogP contribution in [0.15, 0.2) is 42.6 Å². The Labute approximate surface area is 145 Å². The highest BCUT2D eigenvalue weighted by Gasteiger charge is 2.20. The zero-order chi connectivity index (χ0) is 18.0. The number of aryl methyl sites for hydroxylation is 1. The van der Waals surface area contributed by atoms with E-state index in [4.69, 9.17) is 4.74 Å². The van der Waals surface area contributed by atoms with Crippen LogP contribution >= 0.6 is 0 Å². The van der Waals surface area contributed by atoms with Gasteiger partial charge in [-0.2, -0.15) is 0 Å². The molecule has 0 spiro atoms. The van der Waals surface area contributed by atoms with Gasteiger partial charge in [0.1, 0.15) is 17.9 Å². The number of nitrogens with zero attached hydrogens (tertiary/aromatic N) is 3. The van der Waals surface area contributed by atoms with E-state index >= 15 is 0 Å². The van der Waals surface area contributed by atoms with E-state index in [-0.39, 0.29) is 18.3 Å². The molecule has 0 unspecified atom stereocenters. The van der Waals surface area contributed by atoms with Crippen LogP contribution in [0.1, 0.15) is 23.7 Å². The molecule has 6 heteroatoms. The lowest BCUT2D eigenvalue weighted by Gasteiger charge is -2.09. The monoisotopic (exact) mass is 341 g/mol. The predicted molar refractivity (Wildman–Crippen MR) is 93.7 cm³/mol. The molecule has 0 aliphatic heterocycles. The summed E-state index contributed by atoms with van der Waals surface area (Å²) in [5.41, 5.74) is 3.69. The van der Waals surface area contributed by atoms with Crippen LogP contribution in [0, 0.1) is 24.9 Å². The van der Waals surface area contributed by atoms with Gasteiger partial charge in [-0.3, -0.25) is 0 Å². The van der Waals surface area contributed by atoms with Crippen LogP contribution in [-0.4, -0.2) is 9.67 Å². The Morgan fingerprint density at radius 2 is 2.00 bits per heavy atom.